The molecule has 6 nitrogen and oxygen atoms in total. The van der Waals surface area contributed by atoms with Crippen LogP contribution in [-0.2, 0) is 9.59 Å². The summed E-state index contributed by atoms with van der Waals surface area (Å²) in [5, 5.41) is 9.55. The SMILES string of the molecule is CC(C)N1CC(C(=O)N2CCN(C(C#N)c3ccc(F)cc3)CC2)CC1=O. The number of carbonyl (C=O) groups excluding carboxylic acids is 2. The number of hydrogen-bond donors (Lipinski definition) is 0. The lowest BCUT2D eigenvalue weighted by atomic mass is 10.0. The van der Waals surface area contributed by atoms with Crippen LogP contribution in [0.1, 0.15) is 31.9 Å². The Bertz CT molecular complexity index is 735. The summed E-state index contributed by atoms with van der Waals surface area (Å²) >= 11 is 0. The van der Waals surface area contributed by atoms with Gasteiger partial charge in [-0.25, -0.2) is 4.39 Å². The molecular formula is C20H25FN4O2. The smallest absolute Gasteiger partial charge is 0.228 e. The molecule has 1 aromatic rings. The molecule has 2 heterocycles. The molecule has 2 aliphatic heterocycles. The number of carbonyl (C=O) groups is 2. The number of halogens is 1. The maximum absolute atomic E-state index is 13.1. The van der Waals surface area contributed by atoms with Gasteiger partial charge >= 0.3 is 0 Å². The molecule has 144 valence electrons. The van der Waals surface area contributed by atoms with Crippen LogP contribution in [0.3, 0.4) is 0 Å². The summed E-state index contributed by atoms with van der Waals surface area (Å²) in [4.78, 5) is 30.4. The van der Waals surface area contributed by atoms with Gasteiger partial charge in [-0.05, 0) is 31.5 Å². The maximum atomic E-state index is 13.1. The summed E-state index contributed by atoms with van der Waals surface area (Å²) in [5.41, 5.74) is 0.757. The van der Waals surface area contributed by atoms with Crippen molar-refractivity contribution >= 4 is 11.8 Å². The minimum atomic E-state index is -0.452. The average molecular weight is 372 g/mol. The third kappa shape index (κ3) is 4.11. The molecule has 0 N–H and O–H groups in total. The van der Waals surface area contributed by atoms with Gasteiger partial charge in [-0.15, -0.1) is 0 Å². The Morgan fingerprint density at radius 3 is 2.33 bits per heavy atom. The molecule has 0 aliphatic carbocycles. The number of benzene rings is 1. The minimum absolute atomic E-state index is 0.0291. The highest BCUT2D eigenvalue weighted by atomic mass is 19.1. The topological polar surface area (TPSA) is 67.7 Å². The highest BCUT2D eigenvalue weighted by molar-refractivity contribution is 5.89. The van der Waals surface area contributed by atoms with E-state index in [1.807, 2.05) is 18.7 Å². The molecule has 2 saturated heterocycles. The molecule has 2 unspecified atom stereocenters. The molecule has 0 spiro atoms. The van der Waals surface area contributed by atoms with Crippen LogP contribution < -0.4 is 0 Å². The van der Waals surface area contributed by atoms with Crippen molar-refractivity contribution in [3.05, 3.63) is 35.6 Å². The molecular weight excluding hydrogens is 347 g/mol. The molecule has 3 rings (SSSR count). The second-order valence-electron chi connectivity index (χ2n) is 7.49. The van der Waals surface area contributed by atoms with Crippen LogP contribution >= 0.6 is 0 Å². The fraction of sp³-hybridized carbons (Fsp3) is 0.550. The van der Waals surface area contributed by atoms with Crippen LogP contribution in [0.15, 0.2) is 24.3 Å². The standard InChI is InChI=1S/C20H25FN4O2/c1-14(2)25-13-16(11-19(25)26)20(27)24-9-7-23(8-10-24)18(12-22)15-3-5-17(21)6-4-15/h3-6,14,16,18H,7-11,13H2,1-2H3. The van der Waals surface area contributed by atoms with Gasteiger partial charge in [0.2, 0.25) is 11.8 Å². The average Bonchev–Trinajstić information content (AvgIpc) is 3.06. The number of nitriles is 1. The summed E-state index contributed by atoms with van der Waals surface area (Å²) < 4.78 is 13.1. The molecule has 2 atom stereocenters. The highest BCUT2D eigenvalue weighted by Gasteiger charge is 2.38. The van der Waals surface area contributed by atoms with Crippen LogP contribution in [0.4, 0.5) is 4.39 Å². The van der Waals surface area contributed by atoms with E-state index >= 15 is 0 Å². The number of rotatable bonds is 4. The zero-order chi connectivity index (χ0) is 19.6. The number of amides is 2. The van der Waals surface area contributed by atoms with Gasteiger partial charge in [-0.1, -0.05) is 12.1 Å². The third-order valence-corrected chi connectivity index (χ3v) is 5.43. The van der Waals surface area contributed by atoms with Crippen molar-refractivity contribution in [3.63, 3.8) is 0 Å². The van der Waals surface area contributed by atoms with Crippen LogP contribution in [0.25, 0.3) is 0 Å². The Kier molecular flexibility index (Phi) is 5.76. The largest absolute Gasteiger partial charge is 0.340 e. The van der Waals surface area contributed by atoms with E-state index in [0.29, 0.717) is 32.7 Å². The van der Waals surface area contributed by atoms with Gasteiger partial charge in [0, 0.05) is 45.2 Å². The monoisotopic (exact) mass is 372 g/mol. The van der Waals surface area contributed by atoms with Crippen molar-refractivity contribution in [3.8, 4) is 6.07 Å². The highest BCUT2D eigenvalue weighted by Crippen LogP contribution is 2.25. The van der Waals surface area contributed by atoms with E-state index in [-0.39, 0.29) is 36.0 Å². The zero-order valence-corrected chi connectivity index (χ0v) is 15.8. The fourth-order valence-electron chi connectivity index (χ4n) is 3.87. The van der Waals surface area contributed by atoms with Crippen LogP contribution in [0, 0.1) is 23.1 Å². The summed E-state index contributed by atoms with van der Waals surface area (Å²) in [6.45, 7) is 6.63. The quantitative estimate of drug-likeness (QED) is 0.808. The van der Waals surface area contributed by atoms with E-state index < -0.39 is 6.04 Å². The molecule has 7 heteroatoms. The number of hydrogen-bond acceptors (Lipinski definition) is 4. The minimum Gasteiger partial charge on any atom is -0.340 e. The van der Waals surface area contributed by atoms with E-state index in [4.69, 9.17) is 0 Å². The summed E-state index contributed by atoms with van der Waals surface area (Å²) in [6, 6.07) is 7.92. The summed E-state index contributed by atoms with van der Waals surface area (Å²) in [7, 11) is 0. The van der Waals surface area contributed by atoms with Crippen molar-refractivity contribution in [1.29, 1.82) is 5.26 Å². The Balaban J connectivity index is 1.58. The van der Waals surface area contributed by atoms with Crippen LogP contribution in [0.2, 0.25) is 0 Å². The molecule has 0 radical (unpaired) electrons. The second kappa shape index (κ2) is 8.05. The van der Waals surface area contributed by atoms with Crippen LogP contribution in [-0.4, -0.2) is 65.3 Å². The van der Waals surface area contributed by atoms with E-state index in [1.165, 1.54) is 12.1 Å². The Morgan fingerprint density at radius 1 is 1.19 bits per heavy atom. The first-order valence-electron chi connectivity index (χ1n) is 9.38. The maximum Gasteiger partial charge on any atom is 0.228 e. The molecule has 27 heavy (non-hydrogen) atoms. The molecule has 2 fully saturated rings. The van der Waals surface area contributed by atoms with Crippen LogP contribution in [0.5, 0.6) is 0 Å². The lowest BCUT2D eigenvalue weighted by Gasteiger charge is -2.38. The third-order valence-electron chi connectivity index (χ3n) is 5.43. The van der Waals surface area contributed by atoms with Gasteiger partial charge < -0.3 is 9.80 Å². The predicted octanol–water partition coefficient (Wildman–Crippen LogP) is 1.79. The summed E-state index contributed by atoms with van der Waals surface area (Å²) in [6.07, 6.45) is 0.285. The molecule has 2 amide bonds. The molecule has 1 aromatic carbocycles. The normalized spacial score (nSPS) is 22.2. The molecule has 0 aromatic heterocycles. The van der Waals surface area contributed by atoms with E-state index in [9.17, 15) is 19.2 Å². The van der Waals surface area contributed by atoms with Crippen molar-refractivity contribution in [2.75, 3.05) is 32.7 Å². The number of nitrogens with zero attached hydrogens (tertiary/aromatic N) is 4. The van der Waals surface area contributed by atoms with Gasteiger partial charge in [0.1, 0.15) is 11.9 Å². The van der Waals surface area contributed by atoms with Gasteiger partial charge in [0.25, 0.3) is 0 Å². The van der Waals surface area contributed by atoms with E-state index in [0.717, 1.165) is 5.56 Å². The van der Waals surface area contributed by atoms with Gasteiger partial charge in [0.15, 0.2) is 0 Å². The summed E-state index contributed by atoms with van der Waals surface area (Å²) in [5.74, 6) is -0.521. The molecule has 0 saturated carbocycles. The van der Waals surface area contributed by atoms with E-state index in [2.05, 4.69) is 6.07 Å². The molecule has 0 bridgehead atoms. The van der Waals surface area contributed by atoms with Crippen molar-refractivity contribution in [1.82, 2.24) is 14.7 Å². The van der Waals surface area contributed by atoms with Gasteiger partial charge in [0.05, 0.1) is 12.0 Å². The Labute approximate surface area is 159 Å². The first-order valence-corrected chi connectivity index (χ1v) is 9.38. The van der Waals surface area contributed by atoms with Crippen molar-refractivity contribution < 1.29 is 14.0 Å². The lowest BCUT2D eigenvalue weighted by Crippen LogP contribution is -2.51. The predicted molar refractivity (Wildman–Crippen MR) is 97.9 cm³/mol. The van der Waals surface area contributed by atoms with Crippen molar-refractivity contribution in [2.45, 2.75) is 32.4 Å². The molecule has 2 aliphatic rings. The van der Waals surface area contributed by atoms with Crippen molar-refractivity contribution in [2.24, 2.45) is 5.92 Å². The fourth-order valence-corrected chi connectivity index (χ4v) is 3.87. The lowest BCUT2D eigenvalue weighted by molar-refractivity contribution is -0.137. The first-order chi connectivity index (χ1) is 12.9. The van der Waals surface area contributed by atoms with Gasteiger partial charge in [-0.2, -0.15) is 5.26 Å². The Hall–Kier alpha value is -2.46. The number of likely N-dealkylation sites (tertiary alicyclic amines) is 1. The first kappa shape index (κ1) is 19.3. The Morgan fingerprint density at radius 2 is 1.81 bits per heavy atom. The van der Waals surface area contributed by atoms with Gasteiger partial charge in [-0.3, -0.25) is 14.5 Å². The zero-order valence-electron chi connectivity index (χ0n) is 15.8. The van der Waals surface area contributed by atoms with E-state index in [1.54, 1.807) is 21.9 Å². The number of piperazine rings is 1. The second-order valence-corrected chi connectivity index (χ2v) is 7.49.